The minimum atomic E-state index is -0.133. The Kier molecular flexibility index (Phi) is 4.30. The summed E-state index contributed by atoms with van der Waals surface area (Å²) in [6.45, 7) is 2.15. The summed E-state index contributed by atoms with van der Waals surface area (Å²) in [5, 5.41) is 3.69. The number of halogens is 1. The van der Waals surface area contributed by atoms with E-state index < -0.39 is 0 Å². The highest BCUT2D eigenvalue weighted by Gasteiger charge is 2.11. The molecule has 2 aromatic carbocycles. The van der Waals surface area contributed by atoms with E-state index in [4.69, 9.17) is 0 Å². The van der Waals surface area contributed by atoms with Gasteiger partial charge in [0.25, 0.3) is 0 Å². The van der Waals surface area contributed by atoms with Crippen LogP contribution >= 0.6 is 15.9 Å². The molecular weight excluding hydrogens is 356 g/mol. The Morgan fingerprint density at radius 2 is 1.96 bits per heavy atom. The van der Waals surface area contributed by atoms with Gasteiger partial charge >= 0.3 is 0 Å². The number of carbonyl (C=O) groups excluding carboxylic acids is 2. The van der Waals surface area contributed by atoms with Gasteiger partial charge in [0.15, 0.2) is 6.29 Å². The van der Waals surface area contributed by atoms with Crippen molar-refractivity contribution in [1.82, 2.24) is 4.57 Å². The first kappa shape index (κ1) is 15.5. The van der Waals surface area contributed by atoms with Gasteiger partial charge in [-0.25, -0.2) is 0 Å². The van der Waals surface area contributed by atoms with Crippen LogP contribution in [-0.4, -0.2) is 16.8 Å². The average Bonchev–Trinajstić information content (AvgIpc) is 2.86. The molecule has 1 N–H and O–H groups in total. The number of carbonyl (C=O) groups is 2. The smallest absolute Gasteiger partial charge is 0.244 e. The fourth-order valence-corrected chi connectivity index (χ4v) is 2.87. The SMILES string of the molecule is Cc1ccc(NC(=O)Cn2cc(C=O)c3cc(Br)ccc32)cc1. The van der Waals surface area contributed by atoms with Crippen LogP contribution in [0, 0.1) is 6.92 Å². The van der Waals surface area contributed by atoms with Crippen molar-refractivity contribution in [1.29, 1.82) is 0 Å². The highest BCUT2D eigenvalue weighted by Crippen LogP contribution is 2.24. The predicted molar refractivity (Wildman–Crippen MR) is 94.8 cm³/mol. The number of aromatic nitrogens is 1. The maximum Gasteiger partial charge on any atom is 0.244 e. The minimum absolute atomic E-state index is 0.133. The number of amides is 1. The van der Waals surface area contributed by atoms with Gasteiger partial charge in [-0.3, -0.25) is 9.59 Å². The van der Waals surface area contributed by atoms with Crippen LogP contribution in [0.4, 0.5) is 5.69 Å². The number of nitrogens with zero attached hydrogens (tertiary/aromatic N) is 1. The Labute approximate surface area is 142 Å². The fourth-order valence-electron chi connectivity index (χ4n) is 2.51. The lowest BCUT2D eigenvalue weighted by Crippen LogP contribution is -2.18. The molecule has 0 aliphatic heterocycles. The van der Waals surface area contributed by atoms with E-state index in [1.165, 1.54) is 0 Å². The number of anilines is 1. The summed E-state index contributed by atoms with van der Waals surface area (Å²) in [5.41, 5.74) is 3.33. The van der Waals surface area contributed by atoms with Crippen LogP contribution in [0.25, 0.3) is 10.9 Å². The van der Waals surface area contributed by atoms with Gasteiger partial charge in [0.05, 0.1) is 0 Å². The van der Waals surface area contributed by atoms with Gasteiger partial charge < -0.3 is 9.88 Å². The van der Waals surface area contributed by atoms with E-state index in [-0.39, 0.29) is 12.5 Å². The molecule has 23 heavy (non-hydrogen) atoms. The second-order valence-electron chi connectivity index (χ2n) is 5.41. The number of nitrogens with one attached hydrogen (secondary N) is 1. The number of aldehydes is 1. The van der Waals surface area contributed by atoms with Crippen molar-refractivity contribution in [3.63, 3.8) is 0 Å². The van der Waals surface area contributed by atoms with Gasteiger partial charge in [0.1, 0.15) is 6.54 Å². The van der Waals surface area contributed by atoms with Crippen molar-refractivity contribution in [2.24, 2.45) is 0 Å². The molecule has 1 heterocycles. The van der Waals surface area contributed by atoms with Gasteiger partial charge in [0.2, 0.25) is 5.91 Å². The van der Waals surface area contributed by atoms with E-state index in [0.29, 0.717) is 5.56 Å². The lowest BCUT2D eigenvalue weighted by Gasteiger charge is -2.08. The summed E-state index contributed by atoms with van der Waals surface area (Å²) in [6, 6.07) is 13.3. The molecule has 1 amide bonds. The first-order valence-electron chi connectivity index (χ1n) is 7.17. The molecule has 3 rings (SSSR count). The standard InChI is InChI=1S/C18H15BrN2O2/c1-12-2-5-15(6-3-12)20-18(23)10-21-9-13(11-22)16-8-14(19)4-7-17(16)21/h2-9,11H,10H2,1H3,(H,20,23). The summed E-state index contributed by atoms with van der Waals surface area (Å²) in [7, 11) is 0. The van der Waals surface area contributed by atoms with Crippen molar-refractivity contribution < 1.29 is 9.59 Å². The summed E-state index contributed by atoms with van der Waals surface area (Å²) < 4.78 is 2.68. The van der Waals surface area contributed by atoms with E-state index in [0.717, 1.165) is 32.9 Å². The number of hydrogen-bond donors (Lipinski definition) is 1. The maximum absolute atomic E-state index is 12.2. The largest absolute Gasteiger partial charge is 0.337 e. The quantitative estimate of drug-likeness (QED) is 0.700. The van der Waals surface area contributed by atoms with E-state index >= 15 is 0 Å². The molecule has 0 unspecified atom stereocenters. The average molecular weight is 371 g/mol. The normalized spacial score (nSPS) is 10.7. The Balaban J connectivity index is 1.84. The summed E-state index contributed by atoms with van der Waals surface area (Å²) >= 11 is 3.40. The molecule has 1 aromatic heterocycles. The predicted octanol–water partition coefficient (Wildman–Crippen LogP) is 4.16. The highest BCUT2D eigenvalue weighted by atomic mass is 79.9. The molecular formula is C18H15BrN2O2. The van der Waals surface area contributed by atoms with E-state index in [2.05, 4.69) is 21.2 Å². The zero-order valence-corrected chi connectivity index (χ0v) is 14.1. The molecule has 4 nitrogen and oxygen atoms in total. The van der Waals surface area contributed by atoms with Crippen molar-refractivity contribution >= 4 is 44.7 Å². The van der Waals surface area contributed by atoms with Crippen LogP contribution in [0.15, 0.2) is 53.1 Å². The van der Waals surface area contributed by atoms with E-state index in [9.17, 15) is 9.59 Å². The molecule has 0 aliphatic carbocycles. The zero-order chi connectivity index (χ0) is 16.4. The Morgan fingerprint density at radius 3 is 2.65 bits per heavy atom. The van der Waals surface area contributed by atoms with Crippen molar-refractivity contribution in [3.05, 3.63) is 64.3 Å². The minimum Gasteiger partial charge on any atom is -0.337 e. The molecule has 5 heteroatoms. The molecule has 0 fully saturated rings. The van der Waals surface area contributed by atoms with E-state index in [1.54, 1.807) is 10.8 Å². The van der Waals surface area contributed by atoms with Crippen LogP contribution < -0.4 is 5.32 Å². The molecule has 0 bridgehead atoms. The second-order valence-corrected chi connectivity index (χ2v) is 6.32. The maximum atomic E-state index is 12.2. The summed E-state index contributed by atoms with van der Waals surface area (Å²) in [6.07, 6.45) is 2.52. The molecule has 0 aliphatic rings. The zero-order valence-electron chi connectivity index (χ0n) is 12.5. The fraction of sp³-hybridized carbons (Fsp3) is 0.111. The lowest BCUT2D eigenvalue weighted by atomic mass is 10.2. The Morgan fingerprint density at radius 1 is 1.22 bits per heavy atom. The van der Waals surface area contributed by atoms with E-state index in [1.807, 2.05) is 49.4 Å². The van der Waals surface area contributed by atoms with Crippen LogP contribution in [0.1, 0.15) is 15.9 Å². The molecule has 0 atom stereocenters. The number of fused-ring (bicyclic) bond motifs is 1. The third-order valence-electron chi connectivity index (χ3n) is 3.65. The van der Waals surface area contributed by atoms with Crippen molar-refractivity contribution in [2.75, 3.05) is 5.32 Å². The second kappa shape index (κ2) is 6.38. The van der Waals surface area contributed by atoms with Crippen LogP contribution in [-0.2, 0) is 11.3 Å². The van der Waals surface area contributed by atoms with Crippen LogP contribution in [0.5, 0.6) is 0 Å². The van der Waals surface area contributed by atoms with Gasteiger partial charge in [-0.05, 0) is 37.3 Å². The van der Waals surface area contributed by atoms with Crippen LogP contribution in [0.2, 0.25) is 0 Å². The van der Waals surface area contributed by atoms with Gasteiger partial charge in [0, 0.05) is 32.8 Å². The molecule has 0 radical (unpaired) electrons. The number of aryl methyl sites for hydroxylation is 1. The molecule has 0 saturated heterocycles. The molecule has 0 saturated carbocycles. The Hall–Kier alpha value is -2.40. The third kappa shape index (κ3) is 3.35. The third-order valence-corrected chi connectivity index (χ3v) is 4.14. The van der Waals surface area contributed by atoms with Crippen molar-refractivity contribution in [3.8, 4) is 0 Å². The first-order chi connectivity index (χ1) is 11.1. The highest BCUT2D eigenvalue weighted by molar-refractivity contribution is 9.10. The molecule has 0 spiro atoms. The van der Waals surface area contributed by atoms with Crippen molar-refractivity contribution in [2.45, 2.75) is 13.5 Å². The number of rotatable bonds is 4. The topological polar surface area (TPSA) is 51.1 Å². The van der Waals surface area contributed by atoms with Crippen LogP contribution in [0.3, 0.4) is 0 Å². The molecule has 116 valence electrons. The number of hydrogen-bond acceptors (Lipinski definition) is 2. The molecule has 3 aromatic rings. The summed E-state index contributed by atoms with van der Waals surface area (Å²) in [5.74, 6) is -0.133. The first-order valence-corrected chi connectivity index (χ1v) is 7.96. The van der Waals surface area contributed by atoms with Gasteiger partial charge in [-0.1, -0.05) is 33.6 Å². The monoisotopic (exact) mass is 370 g/mol. The van der Waals surface area contributed by atoms with Gasteiger partial charge in [-0.2, -0.15) is 0 Å². The summed E-state index contributed by atoms with van der Waals surface area (Å²) in [4.78, 5) is 23.5. The van der Waals surface area contributed by atoms with Gasteiger partial charge in [-0.15, -0.1) is 0 Å². The Bertz CT molecular complexity index is 882. The lowest BCUT2D eigenvalue weighted by molar-refractivity contribution is -0.116. The number of benzene rings is 2.